The molecule has 0 saturated heterocycles. The van der Waals surface area contributed by atoms with Crippen LogP contribution in [-0.2, 0) is 6.54 Å². The molecule has 1 aromatic carbocycles. The first kappa shape index (κ1) is 15.3. The highest BCUT2D eigenvalue weighted by Crippen LogP contribution is 2.29. The molecule has 3 aromatic rings. The molecule has 1 N–H and O–H groups in total. The van der Waals surface area contributed by atoms with Crippen LogP contribution in [0.5, 0.6) is 0 Å². The second kappa shape index (κ2) is 5.88. The minimum Gasteiger partial charge on any atom is -0.477 e. The van der Waals surface area contributed by atoms with E-state index in [-0.39, 0.29) is 0 Å². The van der Waals surface area contributed by atoms with Crippen molar-refractivity contribution in [3.8, 4) is 0 Å². The Kier molecular flexibility index (Phi) is 3.90. The SMILES string of the molecule is Cc1ccnc(Cn2c(C(=O)O)cc3cccc(C(C)C)c32)c1. The fourth-order valence-electron chi connectivity index (χ4n) is 3.01. The van der Waals surface area contributed by atoms with Gasteiger partial charge in [0.25, 0.3) is 0 Å². The lowest BCUT2D eigenvalue weighted by molar-refractivity contribution is 0.0686. The predicted octanol–water partition coefficient (Wildman–Crippen LogP) is 4.21. The number of rotatable bonds is 4. The average Bonchev–Trinajstić information content (AvgIpc) is 2.86. The van der Waals surface area contributed by atoms with Gasteiger partial charge in [0.2, 0.25) is 0 Å². The van der Waals surface area contributed by atoms with Gasteiger partial charge in [-0.15, -0.1) is 0 Å². The molecule has 0 saturated carbocycles. The molecule has 0 aliphatic carbocycles. The van der Waals surface area contributed by atoms with Gasteiger partial charge in [-0.25, -0.2) is 4.79 Å². The van der Waals surface area contributed by atoms with Gasteiger partial charge in [-0.2, -0.15) is 0 Å². The first-order valence-corrected chi connectivity index (χ1v) is 7.74. The Morgan fingerprint density at radius 1 is 1.26 bits per heavy atom. The molecule has 0 fully saturated rings. The number of hydrogen-bond donors (Lipinski definition) is 1. The van der Waals surface area contributed by atoms with Crippen LogP contribution in [0.15, 0.2) is 42.6 Å². The topological polar surface area (TPSA) is 55.1 Å². The lowest BCUT2D eigenvalue weighted by Crippen LogP contribution is -2.11. The summed E-state index contributed by atoms with van der Waals surface area (Å²) in [7, 11) is 0. The highest BCUT2D eigenvalue weighted by atomic mass is 16.4. The summed E-state index contributed by atoms with van der Waals surface area (Å²) in [6, 6.07) is 11.7. The fourth-order valence-corrected chi connectivity index (χ4v) is 3.01. The van der Waals surface area contributed by atoms with E-state index in [1.165, 1.54) is 0 Å². The maximum Gasteiger partial charge on any atom is 0.352 e. The summed E-state index contributed by atoms with van der Waals surface area (Å²) in [6.07, 6.45) is 1.76. The monoisotopic (exact) mass is 308 g/mol. The second-order valence-electron chi connectivity index (χ2n) is 6.19. The molecule has 3 rings (SSSR count). The summed E-state index contributed by atoms with van der Waals surface area (Å²) >= 11 is 0. The van der Waals surface area contributed by atoms with E-state index in [2.05, 4.69) is 24.9 Å². The Balaban J connectivity index is 2.23. The van der Waals surface area contributed by atoms with Crippen LogP contribution in [0.3, 0.4) is 0 Å². The number of carboxylic acid groups (broad SMARTS) is 1. The van der Waals surface area contributed by atoms with Crippen molar-refractivity contribution in [1.82, 2.24) is 9.55 Å². The van der Waals surface area contributed by atoms with Gasteiger partial charge in [-0.1, -0.05) is 32.0 Å². The number of carboxylic acids is 1. The van der Waals surface area contributed by atoms with E-state index in [0.717, 1.165) is 27.7 Å². The Labute approximate surface area is 135 Å². The van der Waals surface area contributed by atoms with Crippen LogP contribution in [0.25, 0.3) is 10.9 Å². The number of hydrogen-bond acceptors (Lipinski definition) is 2. The Hall–Kier alpha value is -2.62. The lowest BCUT2D eigenvalue weighted by atomic mass is 10.0. The van der Waals surface area contributed by atoms with Crippen molar-refractivity contribution in [1.29, 1.82) is 0 Å². The highest BCUT2D eigenvalue weighted by Gasteiger charge is 2.18. The van der Waals surface area contributed by atoms with Crippen LogP contribution >= 0.6 is 0 Å². The molecule has 0 aliphatic rings. The normalized spacial score (nSPS) is 11.3. The smallest absolute Gasteiger partial charge is 0.352 e. The van der Waals surface area contributed by atoms with Gasteiger partial charge in [0.15, 0.2) is 0 Å². The molecule has 0 bridgehead atoms. The molecule has 2 heterocycles. The van der Waals surface area contributed by atoms with Crippen molar-refractivity contribution in [3.63, 3.8) is 0 Å². The molecule has 2 aromatic heterocycles. The van der Waals surface area contributed by atoms with Crippen LogP contribution in [0.4, 0.5) is 0 Å². The van der Waals surface area contributed by atoms with Gasteiger partial charge < -0.3 is 9.67 Å². The Morgan fingerprint density at radius 2 is 2.04 bits per heavy atom. The van der Waals surface area contributed by atoms with Crippen LogP contribution in [0, 0.1) is 6.92 Å². The van der Waals surface area contributed by atoms with Crippen LogP contribution in [-0.4, -0.2) is 20.6 Å². The third-order valence-electron chi connectivity index (χ3n) is 4.08. The zero-order chi connectivity index (χ0) is 16.6. The van der Waals surface area contributed by atoms with E-state index in [1.54, 1.807) is 12.3 Å². The highest BCUT2D eigenvalue weighted by molar-refractivity contribution is 5.96. The number of aromatic nitrogens is 2. The molecular formula is C19H20N2O2. The molecular weight excluding hydrogens is 288 g/mol. The number of fused-ring (bicyclic) bond motifs is 1. The van der Waals surface area contributed by atoms with Gasteiger partial charge in [0.1, 0.15) is 5.69 Å². The largest absolute Gasteiger partial charge is 0.477 e. The quantitative estimate of drug-likeness (QED) is 0.785. The number of aromatic carboxylic acids is 1. The van der Waals surface area contributed by atoms with Gasteiger partial charge in [-0.05, 0) is 42.2 Å². The maximum absolute atomic E-state index is 11.7. The summed E-state index contributed by atoms with van der Waals surface area (Å²) in [6.45, 7) is 6.71. The zero-order valence-electron chi connectivity index (χ0n) is 13.6. The van der Waals surface area contributed by atoms with Gasteiger partial charge in [0, 0.05) is 11.6 Å². The van der Waals surface area contributed by atoms with E-state index >= 15 is 0 Å². The molecule has 0 aliphatic heterocycles. The number of nitrogens with zero attached hydrogens (tertiary/aromatic N) is 2. The molecule has 0 unspecified atom stereocenters. The first-order chi connectivity index (χ1) is 11.0. The minimum absolute atomic E-state index is 0.302. The Morgan fingerprint density at radius 3 is 2.70 bits per heavy atom. The molecule has 4 nitrogen and oxygen atoms in total. The first-order valence-electron chi connectivity index (χ1n) is 7.74. The van der Waals surface area contributed by atoms with Crippen molar-refractivity contribution in [2.75, 3.05) is 0 Å². The second-order valence-corrected chi connectivity index (χ2v) is 6.19. The van der Waals surface area contributed by atoms with Gasteiger partial charge in [-0.3, -0.25) is 4.98 Å². The Bertz CT molecular complexity index is 878. The van der Waals surface area contributed by atoms with Crippen molar-refractivity contribution >= 4 is 16.9 Å². The van der Waals surface area contributed by atoms with E-state index in [0.29, 0.717) is 18.2 Å². The van der Waals surface area contributed by atoms with Gasteiger partial charge >= 0.3 is 5.97 Å². The van der Waals surface area contributed by atoms with E-state index in [9.17, 15) is 9.90 Å². The number of para-hydroxylation sites is 1. The van der Waals surface area contributed by atoms with Crippen molar-refractivity contribution in [3.05, 3.63) is 65.1 Å². The molecule has 0 atom stereocenters. The molecule has 118 valence electrons. The lowest BCUT2D eigenvalue weighted by Gasteiger charge is -2.14. The van der Waals surface area contributed by atoms with Gasteiger partial charge in [0.05, 0.1) is 17.8 Å². The number of pyridine rings is 1. The molecule has 0 amide bonds. The number of carbonyl (C=O) groups is 1. The molecule has 0 radical (unpaired) electrons. The summed E-state index contributed by atoms with van der Waals surface area (Å²) in [5, 5.41) is 10.5. The van der Waals surface area contributed by atoms with Crippen molar-refractivity contribution in [2.24, 2.45) is 0 Å². The summed E-state index contributed by atoms with van der Waals surface area (Å²) in [4.78, 5) is 16.1. The average molecular weight is 308 g/mol. The van der Waals surface area contributed by atoms with Crippen LogP contribution in [0.1, 0.15) is 47.1 Å². The maximum atomic E-state index is 11.7. The standard InChI is InChI=1S/C19H20N2O2/c1-12(2)16-6-4-5-14-10-17(19(22)23)21(18(14)16)11-15-9-13(3)7-8-20-15/h4-10,12H,11H2,1-3H3,(H,22,23). The molecule has 4 heteroatoms. The van der Waals surface area contributed by atoms with Crippen LogP contribution < -0.4 is 0 Å². The minimum atomic E-state index is -0.913. The van der Waals surface area contributed by atoms with Crippen molar-refractivity contribution < 1.29 is 9.90 Å². The predicted molar refractivity (Wildman–Crippen MR) is 91.1 cm³/mol. The third-order valence-corrected chi connectivity index (χ3v) is 4.08. The third kappa shape index (κ3) is 2.84. The number of benzene rings is 1. The van der Waals surface area contributed by atoms with Crippen LogP contribution in [0.2, 0.25) is 0 Å². The van der Waals surface area contributed by atoms with E-state index in [4.69, 9.17) is 0 Å². The summed E-state index contributed by atoms with van der Waals surface area (Å²) in [5.41, 5.74) is 4.43. The molecule has 23 heavy (non-hydrogen) atoms. The molecule has 0 spiro atoms. The zero-order valence-corrected chi connectivity index (χ0v) is 13.6. The van der Waals surface area contributed by atoms with Crippen molar-refractivity contribution in [2.45, 2.75) is 33.2 Å². The van der Waals surface area contributed by atoms with E-state index in [1.807, 2.05) is 35.8 Å². The summed E-state index contributed by atoms with van der Waals surface area (Å²) in [5.74, 6) is -0.594. The fraction of sp³-hybridized carbons (Fsp3) is 0.263. The van der Waals surface area contributed by atoms with E-state index < -0.39 is 5.97 Å². The summed E-state index contributed by atoms with van der Waals surface area (Å²) < 4.78 is 1.87. The number of aryl methyl sites for hydroxylation is 1.